The second-order valence-corrected chi connectivity index (χ2v) is 6.71. The molecule has 0 aliphatic carbocycles. The standard InChI is InChI=1S/C20H23N5O/c1-3-23-8-10-24(11-9-23)18-6-4-16(12-15(18)2)19-13-21-20-7-5-17(14-26)22-25(19)20/h4-7,12-14H,3,8-11H2,1-2H3. The summed E-state index contributed by atoms with van der Waals surface area (Å²) in [4.78, 5) is 20.4. The molecular formula is C20H23N5O. The summed E-state index contributed by atoms with van der Waals surface area (Å²) >= 11 is 0. The Morgan fingerprint density at radius 3 is 2.62 bits per heavy atom. The first-order valence-corrected chi connectivity index (χ1v) is 9.08. The monoisotopic (exact) mass is 349 g/mol. The van der Waals surface area contributed by atoms with Gasteiger partial charge in [-0.25, -0.2) is 9.50 Å². The molecule has 1 aliphatic heterocycles. The number of piperazine rings is 1. The predicted molar refractivity (Wildman–Crippen MR) is 103 cm³/mol. The molecule has 1 aliphatic rings. The Kier molecular flexibility index (Phi) is 4.42. The summed E-state index contributed by atoms with van der Waals surface area (Å²) in [6, 6.07) is 9.99. The molecule has 0 radical (unpaired) electrons. The topological polar surface area (TPSA) is 53.7 Å². The van der Waals surface area contributed by atoms with E-state index in [0.29, 0.717) is 5.69 Å². The molecule has 4 rings (SSSR count). The Hall–Kier alpha value is -2.73. The summed E-state index contributed by atoms with van der Waals surface area (Å²) in [5.41, 5.74) is 5.63. The highest BCUT2D eigenvalue weighted by atomic mass is 16.1. The molecule has 2 aromatic heterocycles. The van der Waals surface area contributed by atoms with Gasteiger partial charge in [0.2, 0.25) is 0 Å². The second-order valence-electron chi connectivity index (χ2n) is 6.71. The molecular weight excluding hydrogens is 326 g/mol. The summed E-state index contributed by atoms with van der Waals surface area (Å²) in [6.07, 6.45) is 2.57. The molecule has 6 heteroatoms. The number of rotatable bonds is 4. The lowest BCUT2D eigenvalue weighted by molar-refractivity contribution is 0.111. The first kappa shape index (κ1) is 16.7. The number of benzene rings is 1. The maximum absolute atomic E-state index is 11.0. The fourth-order valence-electron chi connectivity index (χ4n) is 3.62. The zero-order valence-electron chi connectivity index (χ0n) is 15.2. The van der Waals surface area contributed by atoms with Crippen LogP contribution in [0.25, 0.3) is 16.9 Å². The number of carbonyl (C=O) groups excluding carboxylic acids is 1. The number of aryl methyl sites for hydroxylation is 1. The van der Waals surface area contributed by atoms with Crippen molar-refractivity contribution in [3.05, 3.63) is 47.8 Å². The molecule has 0 spiro atoms. The van der Waals surface area contributed by atoms with Crippen LogP contribution in [0.15, 0.2) is 36.5 Å². The highest BCUT2D eigenvalue weighted by molar-refractivity contribution is 5.73. The van der Waals surface area contributed by atoms with Crippen LogP contribution in [0.3, 0.4) is 0 Å². The van der Waals surface area contributed by atoms with Gasteiger partial charge in [0.1, 0.15) is 5.69 Å². The highest BCUT2D eigenvalue weighted by Gasteiger charge is 2.18. The van der Waals surface area contributed by atoms with Crippen LogP contribution in [0.5, 0.6) is 0 Å². The van der Waals surface area contributed by atoms with E-state index < -0.39 is 0 Å². The summed E-state index contributed by atoms with van der Waals surface area (Å²) in [5, 5.41) is 4.36. The zero-order valence-corrected chi connectivity index (χ0v) is 15.2. The third-order valence-electron chi connectivity index (χ3n) is 5.16. The van der Waals surface area contributed by atoms with Crippen LogP contribution in [0.1, 0.15) is 23.0 Å². The van der Waals surface area contributed by atoms with Gasteiger partial charge in [-0.1, -0.05) is 13.0 Å². The van der Waals surface area contributed by atoms with Crippen molar-refractivity contribution in [1.29, 1.82) is 0 Å². The molecule has 0 atom stereocenters. The minimum absolute atomic E-state index is 0.402. The van der Waals surface area contributed by atoms with Crippen LogP contribution in [0.4, 0.5) is 5.69 Å². The lowest BCUT2D eigenvalue weighted by atomic mass is 10.1. The number of hydrogen-bond donors (Lipinski definition) is 0. The number of hydrogen-bond acceptors (Lipinski definition) is 5. The van der Waals surface area contributed by atoms with Crippen molar-refractivity contribution in [1.82, 2.24) is 19.5 Å². The normalized spacial score (nSPS) is 15.5. The van der Waals surface area contributed by atoms with Crippen LogP contribution >= 0.6 is 0 Å². The van der Waals surface area contributed by atoms with Crippen molar-refractivity contribution >= 4 is 17.6 Å². The first-order chi connectivity index (χ1) is 12.7. The Balaban J connectivity index is 1.65. The largest absolute Gasteiger partial charge is 0.369 e. The lowest BCUT2D eigenvalue weighted by Gasteiger charge is -2.36. The molecule has 0 amide bonds. The number of carbonyl (C=O) groups is 1. The van der Waals surface area contributed by atoms with Crippen molar-refractivity contribution in [2.45, 2.75) is 13.8 Å². The summed E-state index contributed by atoms with van der Waals surface area (Å²) in [7, 11) is 0. The summed E-state index contributed by atoms with van der Waals surface area (Å²) < 4.78 is 1.73. The molecule has 6 nitrogen and oxygen atoms in total. The zero-order chi connectivity index (χ0) is 18.1. The fraction of sp³-hybridized carbons (Fsp3) is 0.350. The average Bonchev–Trinajstić information content (AvgIpc) is 3.11. The van der Waals surface area contributed by atoms with E-state index in [2.05, 4.69) is 51.9 Å². The van der Waals surface area contributed by atoms with Crippen LogP contribution in [-0.2, 0) is 0 Å². The molecule has 0 unspecified atom stereocenters. The van der Waals surface area contributed by atoms with Crippen molar-refractivity contribution in [2.75, 3.05) is 37.6 Å². The second kappa shape index (κ2) is 6.88. The molecule has 3 aromatic rings. The number of aromatic nitrogens is 3. The third-order valence-corrected chi connectivity index (χ3v) is 5.16. The minimum Gasteiger partial charge on any atom is -0.369 e. The molecule has 1 saturated heterocycles. The fourth-order valence-corrected chi connectivity index (χ4v) is 3.62. The van der Waals surface area contributed by atoms with Crippen LogP contribution < -0.4 is 4.90 Å². The Morgan fingerprint density at radius 2 is 1.92 bits per heavy atom. The molecule has 0 bridgehead atoms. The van der Waals surface area contributed by atoms with Gasteiger partial charge in [0.05, 0.1) is 11.9 Å². The first-order valence-electron chi connectivity index (χ1n) is 9.08. The van der Waals surface area contributed by atoms with Gasteiger partial charge in [0.15, 0.2) is 11.9 Å². The van der Waals surface area contributed by atoms with Crippen LogP contribution in [0.2, 0.25) is 0 Å². The van der Waals surface area contributed by atoms with E-state index in [1.807, 2.05) is 12.3 Å². The van der Waals surface area contributed by atoms with Gasteiger partial charge in [-0.15, -0.1) is 0 Å². The van der Waals surface area contributed by atoms with Gasteiger partial charge in [-0.2, -0.15) is 5.10 Å². The molecule has 0 N–H and O–H groups in total. The van der Waals surface area contributed by atoms with Crippen LogP contribution in [0, 0.1) is 6.92 Å². The number of aldehydes is 1. The average molecular weight is 349 g/mol. The van der Waals surface area contributed by atoms with E-state index in [4.69, 9.17) is 0 Å². The Bertz CT molecular complexity index is 941. The van der Waals surface area contributed by atoms with Gasteiger partial charge in [0.25, 0.3) is 0 Å². The number of likely N-dealkylation sites (N-methyl/N-ethyl adjacent to an activating group) is 1. The third kappa shape index (κ3) is 2.97. The summed E-state index contributed by atoms with van der Waals surface area (Å²) in [6.45, 7) is 9.85. The van der Waals surface area contributed by atoms with E-state index in [-0.39, 0.29) is 0 Å². The Morgan fingerprint density at radius 1 is 1.12 bits per heavy atom. The van der Waals surface area contributed by atoms with Gasteiger partial charge < -0.3 is 9.80 Å². The number of imidazole rings is 1. The minimum atomic E-state index is 0.402. The van der Waals surface area contributed by atoms with Crippen molar-refractivity contribution in [3.63, 3.8) is 0 Å². The maximum Gasteiger partial charge on any atom is 0.170 e. The lowest BCUT2D eigenvalue weighted by Crippen LogP contribution is -2.46. The van der Waals surface area contributed by atoms with Crippen molar-refractivity contribution in [2.24, 2.45) is 0 Å². The number of anilines is 1. The van der Waals surface area contributed by atoms with Gasteiger partial charge >= 0.3 is 0 Å². The van der Waals surface area contributed by atoms with Crippen LogP contribution in [-0.4, -0.2) is 58.5 Å². The van der Waals surface area contributed by atoms with E-state index >= 15 is 0 Å². The van der Waals surface area contributed by atoms with E-state index in [1.165, 1.54) is 11.3 Å². The molecule has 1 aromatic carbocycles. The summed E-state index contributed by atoms with van der Waals surface area (Å²) in [5.74, 6) is 0. The van der Waals surface area contributed by atoms with E-state index in [9.17, 15) is 4.79 Å². The Labute approximate surface area is 153 Å². The van der Waals surface area contributed by atoms with E-state index in [0.717, 1.165) is 55.9 Å². The SMILES string of the molecule is CCN1CCN(c2ccc(-c3cnc4ccc(C=O)nn34)cc2C)CC1. The maximum atomic E-state index is 11.0. The van der Waals surface area contributed by atoms with Crippen molar-refractivity contribution in [3.8, 4) is 11.3 Å². The molecule has 0 saturated carbocycles. The number of fused-ring (bicyclic) bond motifs is 1. The molecule has 26 heavy (non-hydrogen) atoms. The van der Waals surface area contributed by atoms with Gasteiger partial charge in [-0.3, -0.25) is 4.79 Å². The quantitative estimate of drug-likeness (QED) is 0.678. The number of nitrogens with zero attached hydrogens (tertiary/aromatic N) is 5. The predicted octanol–water partition coefficient (Wildman–Crippen LogP) is 2.66. The molecule has 134 valence electrons. The molecule has 3 heterocycles. The highest BCUT2D eigenvalue weighted by Crippen LogP contribution is 2.28. The van der Waals surface area contributed by atoms with E-state index in [1.54, 1.807) is 10.6 Å². The van der Waals surface area contributed by atoms with Crippen molar-refractivity contribution < 1.29 is 4.79 Å². The van der Waals surface area contributed by atoms with Gasteiger partial charge in [0, 0.05) is 37.4 Å². The molecule has 1 fully saturated rings. The van der Waals surface area contributed by atoms with Gasteiger partial charge in [-0.05, 0) is 43.3 Å². The smallest absolute Gasteiger partial charge is 0.170 e.